The Hall–Kier alpha value is -3.64. The van der Waals surface area contributed by atoms with E-state index in [0.717, 1.165) is 0 Å². The molecule has 3 aromatic carbocycles. The van der Waals surface area contributed by atoms with Crippen molar-refractivity contribution in [3.05, 3.63) is 96.1 Å². The van der Waals surface area contributed by atoms with Crippen molar-refractivity contribution in [2.24, 2.45) is 0 Å². The molecule has 1 saturated heterocycles. The SMILES string of the molecule is O=C(O[C@H](C(=O)N1CCOCC1)c1ccccc1)c1ccccc1Oc1ccccc1. The monoisotopic (exact) mass is 417 g/mol. The van der Waals surface area contributed by atoms with Crippen molar-refractivity contribution in [2.75, 3.05) is 26.3 Å². The van der Waals surface area contributed by atoms with Crippen LogP contribution in [0.5, 0.6) is 11.5 Å². The normalized spacial score (nSPS) is 14.5. The Kier molecular flexibility index (Phi) is 6.59. The van der Waals surface area contributed by atoms with E-state index in [-0.39, 0.29) is 11.5 Å². The second-order valence-electron chi connectivity index (χ2n) is 7.04. The fourth-order valence-corrected chi connectivity index (χ4v) is 3.35. The molecule has 1 atom stereocenters. The van der Waals surface area contributed by atoms with Crippen molar-refractivity contribution in [1.29, 1.82) is 0 Å². The summed E-state index contributed by atoms with van der Waals surface area (Å²) in [6, 6.07) is 25.1. The summed E-state index contributed by atoms with van der Waals surface area (Å²) < 4.78 is 17.0. The zero-order valence-electron chi connectivity index (χ0n) is 17.0. The molecule has 1 amide bonds. The molecule has 4 rings (SSSR count). The van der Waals surface area contributed by atoms with Gasteiger partial charge in [0, 0.05) is 18.7 Å². The van der Waals surface area contributed by atoms with Crippen LogP contribution in [0.15, 0.2) is 84.9 Å². The Labute approximate surface area is 181 Å². The average Bonchev–Trinajstić information content (AvgIpc) is 2.84. The Bertz CT molecular complexity index is 1020. The van der Waals surface area contributed by atoms with E-state index in [2.05, 4.69) is 0 Å². The number of ether oxygens (including phenoxy) is 3. The van der Waals surface area contributed by atoms with E-state index in [0.29, 0.717) is 43.4 Å². The molecule has 6 nitrogen and oxygen atoms in total. The van der Waals surface area contributed by atoms with Crippen LogP contribution in [0.1, 0.15) is 22.0 Å². The molecular weight excluding hydrogens is 394 g/mol. The Balaban J connectivity index is 1.59. The van der Waals surface area contributed by atoms with Gasteiger partial charge in [-0.3, -0.25) is 4.79 Å². The maximum atomic E-state index is 13.2. The lowest BCUT2D eigenvalue weighted by molar-refractivity contribution is -0.145. The van der Waals surface area contributed by atoms with Crippen molar-refractivity contribution < 1.29 is 23.8 Å². The van der Waals surface area contributed by atoms with Gasteiger partial charge in [-0.25, -0.2) is 4.79 Å². The summed E-state index contributed by atoms with van der Waals surface area (Å²) in [5.41, 5.74) is 0.871. The predicted molar refractivity (Wildman–Crippen MR) is 115 cm³/mol. The molecule has 1 aliphatic rings. The van der Waals surface area contributed by atoms with Crippen molar-refractivity contribution in [3.8, 4) is 11.5 Å². The van der Waals surface area contributed by atoms with Crippen LogP contribution in [0.25, 0.3) is 0 Å². The molecule has 1 fully saturated rings. The third kappa shape index (κ3) is 5.10. The maximum absolute atomic E-state index is 13.2. The number of hydrogen-bond acceptors (Lipinski definition) is 5. The Morgan fingerprint density at radius 1 is 0.806 bits per heavy atom. The summed E-state index contributed by atoms with van der Waals surface area (Å²) in [6.45, 7) is 1.87. The highest BCUT2D eigenvalue weighted by Gasteiger charge is 2.31. The standard InChI is InChI=1S/C25H23NO5/c27-24(26-15-17-29-18-16-26)23(19-9-3-1-4-10-19)31-25(28)21-13-7-8-14-22(21)30-20-11-5-2-6-12-20/h1-14,23H,15-18H2/t23-/m0/s1. The molecule has 0 bridgehead atoms. The Morgan fingerprint density at radius 2 is 1.42 bits per heavy atom. The van der Waals surface area contributed by atoms with Gasteiger partial charge in [-0.2, -0.15) is 0 Å². The lowest BCUT2D eigenvalue weighted by atomic mass is 10.1. The van der Waals surface area contributed by atoms with Gasteiger partial charge in [-0.05, 0) is 24.3 Å². The van der Waals surface area contributed by atoms with Gasteiger partial charge in [-0.1, -0.05) is 60.7 Å². The van der Waals surface area contributed by atoms with Gasteiger partial charge in [0.15, 0.2) is 0 Å². The highest BCUT2D eigenvalue weighted by molar-refractivity contribution is 5.95. The van der Waals surface area contributed by atoms with Crippen LogP contribution < -0.4 is 4.74 Å². The zero-order chi connectivity index (χ0) is 21.5. The third-order valence-electron chi connectivity index (χ3n) is 4.95. The zero-order valence-corrected chi connectivity index (χ0v) is 17.0. The number of esters is 1. The van der Waals surface area contributed by atoms with Gasteiger partial charge in [-0.15, -0.1) is 0 Å². The van der Waals surface area contributed by atoms with E-state index in [4.69, 9.17) is 14.2 Å². The van der Waals surface area contributed by atoms with Crippen LogP contribution >= 0.6 is 0 Å². The summed E-state index contributed by atoms with van der Waals surface area (Å²) in [7, 11) is 0. The number of para-hydroxylation sites is 2. The van der Waals surface area contributed by atoms with E-state index < -0.39 is 12.1 Å². The summed E-state index contributed by atoms with van der Waals surface area (Å²) >= 11 is 0. The second-order valence-corrected chi connectivity index (χ2v) is 7.04. The van der Waals surface area contributed by atoms with Crippen LogP contribution in [-0.2, 0) is 14.3 Å². The van der Waals surface area contributed by atoms with E-state index in [1.54, 1.807) is 53.4 Å². The molecule has 3 aromatic rings. The molecule has 1 heterocycles. The molecule has 6 heteroatoms. The van der Waals surface area contributed by atoms with Crippen LogP contribution in [0, 0.1) is 0 Å². The number of hydrogen-bond donors (Lipinski definition) is 0. The maximum Gasteiger partial charge on any atom is 0.343 e. The molecule has 31 heavy (non-hydrogen) atoms. The highest BCUT2D eigenvalue weighted by Crippen LogP contribution is 2.28. The fourth-order valence-electron chi connectivity index (χ4n) is 3.35. The van der Waals surface area contributed by atoms with Crippen molar-refractivity contribution >= 4 is 11.9 Å². The lowest BCUT2D eigenvalue weighted by Gasteiger charge is -2.30. The minimum atomic E-state index is -1.04. The molecule has 0 radical (unpaired) electrons. The van der Waals surface area contributed by atoms with Gasteiger partial charge in [0.05, 0.1) is 13.2 Å². The van der Waals surface area contributed by atoms with Gasteiger partial charge < -0.3 is 19.1 Å². The van der Waals surface area contributed by atoms with Crippen LogP contribution in [0.3, 0.4) is 0 Å². The topological polar surface area (TPSA) is 65.1 Å². The average molecular weight is 417 g/mol. The van der Waals surface area contributed by atoms with Crippen molar-refractivity contribution in [3.63, 3.8) is 0 Å². The fraction of sp³-hybridized carbons (Fsp3) is 0.200. The van der Waals surface area contributed by atoms with E-state index >= 15 is 0 Å². The summed E-state index contributed by atoms with van der Waals surface area (Å²) in [5.74, 6) is 0.0855. The highest BCUT2D eigenvalue weighted by atomic mass is 16.6. The van der Waals surface area contributed by atoms with Gasteiger partial charge >= 0.3 is 5.97 Å². The smallest absolute Gasteiger partial charge is 0.343 e. The number of carbonyl (C=O) groups excluding carboxylic acids is 2. The molecule has 0 saturated carbocycles. The summed E-state index contributed by atoms with van der Waals surface area (Å²) in [5, 5.41) is 0. The predicted octanol–water partition coefficient (Wildman–Crippen LogP) is 4.24. The molecule has 0 N–H and O–H groups in total. The van der Waals surface area contributed by atoms with Crippen LogP contribution in [-0.4, -0.2) is 43.1 Å². The minimum absolute atomic E-state index is 0.252. The van der Waals surface area contributed by atoms with Crippen LogP contribution in [0.2, 0.25) is 0 Å². The first-order valence-electron chi connectivity index (χ1n) is 10.2. The van der Waals surface area contributed by atoms with E-state index in [1.165, 1.54) is 0 Å². The van der Waals surface area contributed by atoms with Gasteiger partial charge in [0.2, 0.25) is 6.10 Å². The minimum Gasteiger partial charge on any atom is -0.456 e. The van der Waals surface area contributed by atoms with Crippen LogP contribution in [0.4, 0.5) is 0 Å². The molecule has 0 spiro atoms. The largest absolute Gasteiger partial charge is 0.456 e. The van der Waals surface area contributed by atoms with Gasteiger partial charge in [0.25, 0.3) is 5.91 Å². The lowest BCUT2D eigenvalue weighted by Crippen LogP contribution is -2.44. The number of nitrogens with zero attached hydrogens (tertiary/aromatic N) is 1. The molecule has 0 aliphatic carbocycles. The second kappa shape index (κ2) is 9.91. The number of rotatable bonds is 6. The number of benzene rings is 3. The molecule has 0 unspecified atom stereocenters. The van der Waals surface area contributed by atoms with Crippen molar-refractivity contribution in [2.45, 2.75) is 6.10 Å². The summed E-state index contributed by atoms with van der Waals surface area (Å²) in [6.07, 6.45) is -1.04. The number of morpholine rings is 1. The molecule has 158 valence electrons. The van der Waals surface area contributed by atoms with Gasteiger partial charge in [0.1, 0.15) is 17.1 Å². The molecular formula is C25H23NO5. The third-order valence-corrected chi connectivity index (χ3v) is 4.95. The van der Waals surface area contributed by atoms with E-state index in [9.17, 15) is 9.59 Å². The first-order chi connectivity index (χ1) is 15.2. The molecule has 0 aromatic heterocycles. The summed E-state index contributed by atoms with van der Waals surface area (Å²) in [4.78, 5) is 28.0. The van der Waals surface area contributed by atoms with Crippen molar-refractivity contribution in [1.82, 2.24) is 4.90 Å². The number of carbonyl (C=O) groups is 2. The Morgan fingerprint density at radius 3 is 2.13 bits per heavy atom. The van der Waals surface area contributed by atoms with E-state index in [1.807, 2.05) is 36.4 Å². The molecule has 1 aliphatic heterocycles. The first-order valence-corrected chi connectivity index (χ1v) is 10.2. The quantitative estimate of drug-likeness (QED) is 0.562. The first kappa shape index (κ1) is 20.6. The number of amides is 1.